The van der Waals surface area contributed by atoms with E-state index in [1.54, 1.807) is 7.11 Å². The van der Waals surface area contributed by atoms with E-state index in [-0.39, 0.29) is 6.10 Å². The van der Waals surface area contributed by atoms with Crippen LogP contribution in [0, 0.1) is 0 Å². The largest absolute Gasteiger partial charge is 0.382 e. The average Bonchev–Trinajstić information content (AvgIpc) is 2.27. The van der Waals surface area contributed by atoms with Gasteiger partial charge in [-0.1, -0.05) is 23.7 Å². The van der Waals surface area contributed by atoms with Crippen LogP contribution in [0.25, 0.3) is 0 Å². The molecule has 1 aromatic rings. The van der Waals surface area contributed by atoms with Crippen LogP contribution in [0.15, 0.2) is 24.3 Å². The monoisotopic (exact) mass is 227 g/mol. The molecule has 0 saturated heterocycles. The molecule has 0 aliphatic heterocycles. The van der Waals surface area contributed by atoms with E-state index in [1.165, 1.54) is 5.56 Å². The van der Waals surface area contributed by atoms with Crippen LogP contribution >= 0.6 is 11.6 Å². The van der Waals surface area contributed by atoms with E-state index >= 15 is 0 Å². The summed E-state index contributed by atoms with van der Waals surface area (Å²) in [5.74, 6) is 0. The summed E-state index contributed by atoms with van der Waals surface area (Å²) in [5, 5.41) is 4.05. The quantitative estimate of drug-likeness (QED) is 0.835. The van der Waals surface area contributed by atoms with Crippen LogP contribution in [0.3, 0.4) is 0 Å². The van der Waals surface area contributed by atoms with Crippen LogP contribution in [0.1, 0.15) is 24.9 Å². The number of benzene rings is 1. The molecule has 0 saturated carbocycles. The lowest BCUT2D eigenvalue weighted by Crippen LogP contribution is -2.21. The number of rotatable bonds is 5. The van der Waals surface area contributed by atoms with Gasteiger partial charge in [-0.2, -0.15) is 0 Å². The van der Waals surface area contributed by atoms with E-state index < -0.39 is 0 Å². The van der Waals surface area contributed by atoms with E-state index in [4.69, 9.17) is 16.3 Å². The lowest BCUT2D eigenvalue weighted by molar-refractivity contribution is 0.101. The number of hydrogen-bond donors (Lipinski definition) is 1. The summed E-state index contributed by atoms with van der Waals surface area (Å²) in [5.41, 5.74) is 1.24. The van der Waals surface area contributed by atoms with Crippen LogP contribution in [-0.2, 0) is 4.74 Å². The molecule has 15 heavy (non-hydrogen) atoms. The molecule has 3 heteroatoms. The Balaban J connectivity index is 2.69. The van der Waals surface area contributed by atoms with Crippen molar-refractivity contribution in [2.45, 2.75) is 25.5 Å². The highest BCUT2D eigenvalue weighted by atomic mass is 35.5. The summed E-state index contributed by atoms with van der Waals surface area (Å²) >= 11 is 5.85. The van der Waals surface area contributed by atoms with E-state index in [9.17, 15) is 0 Å². The van der Waals surface area contributed by atoms with Crippen molar-refractivity contribution >= 4 is 11.6 Å². The highest BCUT2D eigenvalue weighted by Crippen LogP contribution is 2.20. The predicted octanol–water partition coefficient (Wildman–Crippen LogP) is 3.03. The zero-order valence-electron chi connectivity index (χ0n) is 9.46. The Morgan fingerprint density at radius 2 is 1.93 bits per heavy atom. The number of ether oxygens (including phenoxy) is 1. The van der Waals surface area contributed by atoms with Crippen molar-refractivity contribution in [3.8, 4) is 0 Å². The van der Waals surface area contributed by atoms with E-state index in [0.29, 0.717) is 6.04 Å². The Kier molecular flexibility index (Phi) is 5.09. The van der Waals surface area contributed by atoms with Gasteiger partial charge in [0, 0.05) is 18.2 Å². The summed E-state index contributed by atoms with van der Waals surface area (Å²) in [6, 6.07) is 8.24. The molecular weight excluding hydrogens is 210 g/mol. The minimum atomic E-state index is 0.248. The van der Waals surface area contributed by atoms with Crippen molar-refractivity contribution in [2.75, 3.05) is 14.2 Å². The fourth-order valence-electron chi connectivity index (χ4n) is 1.54. The molecule has 0 spiro atoms. The zero-order chi connectivity index (χ0) is 11.3. The lowest BCUT2D eigenvalue weighted by atomic mass is 10.0. The van der Waals surface area contributed by atoms with Gasteiger partial charge < -0.3 is 10.1 Å². The average molecular weight is 228 g/mol. The SMILES string of the molecule is CNC(CC(C)OC)c1ccc(Cl)cc1. The van der Waals surface area contributed by atoms with Crippen LogP contribution < -0.4 is 5.32 Å². The summed E-state index contributed by atoms with van der Waals surface area (Å²) in [4.78, 5) is 0. The first-order chi connectivity index (χ1) is 7.17. The second kappa shape index (κ2) is 6.11. The maximum Gasteiger partial charge on any atom is 0.0561 e. The van der Waals surface area contributed by atoms with Gasteiger partial charge in [0.05, 0.1) is 6.10 Å². The Bertz CT molecular complexity index is 286. The molecule has 0 aliphatic carbocycles. The van der Waals surface area contributed by atoms with Gasteiger partial charge >= 0.3 is 0 Å². The molecule has 2 unspecified atom stereocenters. The van der Waals surface area contributed by atoms with E-state index in [1.807, 2.05) is 31.3 Å². The van der Waals surface area contributed by atoms with Gasteiger partial charge in [0.15, 0.2) is 0 Å². The minimum Gasteiger partial charge on any atom is -0.382 e. The fourth-order valence-corrected chi connectivity index (χ4v) is 1.67. The summed E-state index contributed by atoms with van der Waals surface area (Å²) in [6.07, 6.45) is 1.20. The third kappa shape index (κ3) is 3.82. The number of hydrogen-bond acceptors (Lipinski definition) is 2. The maximum absolute atomic E-state index is 5.85. The van der Waals surface area contributed by atoms with Gasteiger partial charge in [-0.15, -0.1) is 0 Å². The second-order valence-corrected chi connectivity index (χ2v) is 4.11. The van der Waals surface area contributed by atoms with Gasteiger partial charge in [0.1, 0.15) is 0 Å². The molecule has 0 amide bonds. The minimum absolute atomic E-state index is 0.248. The Morgan fingerprint density at radius 3 is 2.40 bits per heavy atom. The molecule has 1 rings (SSSR count). The van der Waals surface area contributed by atoms with Crippen LogP contribution in [0.5, 0.6) is 0 Å². The maximum atomic E-state index is 5.85. The molecule has 1 N–H and O–H groups in total. The summed E-state index contributed by atoms with van der Waals surface area (Å²) in [7, 11) is 3.70. The first-order valence-corrected chi connectivity index (χ1v) is 5.50. The number of nitrogens with one attached hydrogen (secondary N) is 1. The zero-order valence-corrected chi connectivity index (χ0v) is 10.2. The molecule has 1 aromatic carbocycles. The molecule has 2 atom stereocenters. The fraction of sp³-hybridized carbons (Fsp3) is 0.500. The van der Waals surface area contributed by atoms with Crippen LogP contribution in [0.4, 0.5) is 0 Å². The van der Waals surface area contributed by atoms with E-state index in [0.717, 1.165) is 11.4 Å². The molecule has 2 nitrogen and oxygen atoms in total. The standard InChI is InChI=1S/C12H18ClNO/c1-9(15-3)8-12(14-2)10-4-6-11(13)7-5-10/h4-7,9,12,14H,8H2,1-3H3. The van der Waals surface area contributed by atoms with Gasteiger partial charge in [-0.05, 0) is 38.1 Å². The smallest absolute Gasteiger partial charge is 0.0561 e. The number of halogens is 1. The summed E-state index contributed by atoms with van der Waals surface area (Å²) in [6.45, 7) is 2.07. The van der Waals surface area contributed by atoms with Gasteiger partial charge in [0.25, 0.3) is 0 Å². The molecule has 0 aliphatic rings. The Labute approximate surface area is 96.6 Å². The van der Waals surface area contributed by atoms with Crippen molar-refractivity contribution < 1.29 is 4.74 Å². The molecule has 0 heterocycles. The lowest BCUT2D eigenvalue weighted by Gasteiger charge is -2.20. The highest BCUT2D eigenvalue weighted by molar-refractivity contribution is 6.30. The molecular formula is C12H18ClNO. The van der Waals surface area contributed by atoms with E-state index in [2.05, 4.69) is 12.2 Å². The third-order valence-corrected chi connectivity index (χ3v) is 2.84. The van der Waals surface area contributed by atoms with Crippen molar-refractivity contribution in [1.82, 2.24) is 5.32 Å². The summed E-state index contributed by atoms with van der Waals surface area (Å²) < 4.78 is 5.26. The van der Waals surface area contributed by atoms with Crippen molar-refractivity contribution in [2.24, 2.45) is 0 Å². The second-order valence-electron chi connectivity index (χ2n) is 3.67. The Hall–Kier alpha value is -0.570. The third-order valence-electron chi connectivity index (χ3n) is 2.59. The molecule has 0 radical (unpaired) electrons. The van der Waals surface area contributed by atoms with Crippen molar-refractivity contribution in [3.05, 3.63) is 34.9 Å². The first-order valence-electron chi connectivity index (χ1n) is 5.13. The molecule has 0 fully saturated rings. The number of methoxy groups -OCH3 is 1. The molecule has 0 aromatic heterocycles. The van der Waals surface area contributed by atoms with Crippen molar-refractivity contribution in [1.29, 1.82) is 0 Å². The van der Waals surface area contributed by atoms with Gasteiger partial charge in [-0.3, -0.25) is 0 Å². The van der Waals surface area contributed by atoms with Gasteiger partial charge in [0.2, 0.25) is 0 Å². The van der Waals surface area contributed by atoms with Crippen LogP contribution in [-0.4, -0.2) is 20.3 Å². The van der Waals surface area contributed by atoms with Gasteiger partial charge in [-0.25, -0.2) is 0 Å². The predicted molar refractivity (Wildman–Crippen MR) is 64.3 cm³/mol. The normalized spacial score (nSPS) is 14.9. The van der Waals surface area contributed by atoms with Crippen molar-refractivity contribution in [3.63, 3.8) is 0 Å². The molecule has 0 bridgehead atoms. The Morgan fingerprint density at radius 1 is 1.33 bits per heavy atom. The molecule has 84 valence electrons. The van der Waals surface area contributed by atoms with Crippen LogP contribution in [0.2, 0.25) is 5.02 Å². The first kappa shape index (κ1) is 12.5. The highest BCUT2D eigenvalue weighted by Gasteiger charge is 2.12. The topological polar surface area (TPSA) is 21.3 Å².